The summed E-state index contributed by atoms with van der Waals surface area (Å²) in [6.07, 6.45) is 19.9. The van der Waals surface area contributed by atoms with Gasteiger partial charge in [0, 0.05) is 50.9 Å². The molecule has 0 saturated carbocycles. The third kappa shape index (κ3) is 8.82. The lowest BCUT2D eigenvalue weighted by Crippen LogP contribution is -2.17. The first-order valence-electron chi connectivity index (χ1n) is 32.4. The van der Waals surface area contributed by atoms with Gasteiger partial charge in [0.25, 0.3) is 0 Å². The number of hydrogen-bond acceptors (Lipinski definition) is 2. The van der Waals surface area contributed by atoms with Crippen LogP contribution in [0.15, 0.2) is 296 Å². The molecule has 2 heteroatoms. The second kappa shape index (κ2) is 21.2. The fourth-order valence-corrected chi connectivity index (χ4v) is 16.2. The molecule has 0 amide bonds. The van der Waals surface area contributed by atoms with E-state index >= 15 is 0 Å². The van der Waals surface area contributed by atoms with Crippen LogP contribution < -0.4 is 9.80 Å². The van der Waals surface area contributed by atoms with Gasteiger partial charge >= 0.3 is 0 Å². The molecule has 12 aromatic rings. The maximum Gasteiger partial charge on any atom is 0.0468 e. The van der Waals surface area contributed by atoms with Crippen molar-refractivity contribution >= 4 is 78.1 Å². The van der Waals surface area contributed by atoms with Crippen LogP contribution in [0.1, 0.15) is 81.2 Å². The molecule has 0 fully saturated rings. The summed E-state index contributed by atoms with van der Waals surface area (Å²) in [5.41, 5.74) is 29.5. The zero-order chi connectivity index (χ0) is 60.2. The van der Waals surface area contributed by atoms with Gasteiger partial charge < -0.3 is 9.80 Å². The van der Waals surface area contributed by atoms with Crippen molar-refractivity contribution in [1.29, 1.82) is 0 Å². The Morgan fingerprint density at radius 2 is 0.922 bits per heavy atom. The number of anilines is 6. The minimum Gasteiger partial charge on any atom is -0.310 e. The molecule has 0 saturated heterocycles. The monoisotopic (exact) mass is 1150 g/mol. The molecule has 0 aromatic heterocycles. The van der Waals surface area contributed by atoms with Crippen LogP contribution >= 0.6 is 0 Å². The summed E-state index contributed by atoms with van der Waals surface area (Å²) in [6, 6.07) is 94.0. The largest absolute Gasteiger partial charge is 0.310 e. The minimum absolute atomic E-state index is 0.0755. The molecule has 0 N–H and O–H groups in total. The van der Waals surface area contributed by atoms with Crippen LogP contribution in [0.3, 0.4) is 0 Å². The highest BCUT2D eigenvalue weighted by molar-refractivity contribution is 6.23. The van der Waals surface area contributed by atoms with E-state index in [1.165, 1.54) is 117 Å². The van der Waals surface area contributed by atoms with Crippen molar-refractivity contribution in [2.75, 3.05) is 9.80 Å². The molecule has 5 aliphatic rings. The van der Waals surface area contributed by atoms with Gasteiger partial charge in [0.2, 0.25) is 0 Å². The molecule has 90 heavy (non-hydrogen) atoms. The normalized spacial score (nSPS) is 16.5. The molecule has 0 heterocycles. The van der Waals surface area contributed by atoms with Crippen molar-refractivity contribution in [2.45, 2.75) is 65.2 Å². The van der Waals surface area contributed by atoms with E-state index in [0.717, 1.165) is 59.8 Å². The average Bonchev–Trinajstić information content (AvgIpc) is 0.968. The lowest BCUT2D eigenvalue weighted by Gasteiger charge is -2.30. The highest BCUT2D eigenvalue weighted by Crippen LogP contribution is 2.57. The first-order chi connectivity index (χ1) is 44.1. The highest BCUT2D eigenvalue weighted by Gasteiger charge is 2.43. The van der Waals surface area contributed by atoms with Gasteiger partial charge in [0.1, 0.15) is 0 Å². The third-order valence-electron chi connectivity index (χ3n) is 20.8. The van der Waals surface area contributed by atoms with E-state index in [1.54, 1.807) is 16.7 Å². The van der Waals surface area contributed by atoms with Gasteiger partial charge in [-0.25, -0.2) is 0 Å². The number of para-hydroxylation sites is 2. The highest BCUT2D eigenvalue weighted by atomic mass is 15.1. The maximum atomic E-state index is 2.53. The van der Waals surface area contributed by atoms with E-state index in [0.29, 0.717) is 5.92 Å². The van der Waals surface area contributed by atoms with E-state index < -0.39 is 0 Å². The van der Waals surface area contributed by atoms with Gasteiger partial charge in [-0.2, -0.15) is 0 Å². The average molecular weight is 1160 g/mol. The Balaban J connectivity index is 0.837. The van der Waals surface area contributed by atoms with Crippen LogP contribution in [0, 0.1) is 11.3 Å². The molecule has 12 aromatic carbocycles. The minimum atomic E-state index is -0.0755. The fourth-order valence-electron chi connectivity index (χ4n) is 16.2. The Labute approximate surface area is 529 Å². The lowest BCUT2D eigenvalue weighted by molar-refractivity contribution is 0.506. The number of benzene rings is 12. The fraction of sp³-hybridized carbons (Fsp3) is 0.136. The molecule has 0 spiro atoms. The van der Waals surface area contributed by atoms with Gasteiger partial charge in [-0.1, -0.05) is 239 Å². The quantitative estimate of drug-likeness (QED) is 0.126. The van der Waals surface area contributed by atoms with Gasteiger partial charge in [-0.05, 0) is 233 Å². The van der Waals surface area contributed by atoms with E-state index in [2.05, 4.69) is 323 Å². The zero-order valence-electron chi connectivity index (χ0n) is 51.6. The molecular formula is C88H70N2. The molecule has 0 radical (unpaired) electrons. The predicted octanol–water partition coefficient (Wildman–Crippen LogP) is 24.4. The van der Waals surface area contributed by atoms with E-state index in [-0.39, 0.29) is 10.8 Å². The molecule has 0 aliphatic heterocycles. The van der Waals surface area contributed by atoms with E-state index in [4.69, 9.17) is 0 Å². The first-order valence-corrected chi connectivity index (χ1v) is 32.4. The maximum absolute atomic E-state index is 2.53. The lowest BCUT2D eigenvalue weighted by atomic mass is 9.75. The van der Waals surface area contributed by atoms with Gasteiger partial charge in [-0.15, -0.1) is 0 Å². The molecule has 5 aliphatic carbocycles. The van der Waals surface area contributed by atoms with Crippen molar-refractivity contribution in [3.8, 4) is 44.5 Å². The van der Waals surface area contributed by atoms with Crippen molar-refractivity contribution in [3.63, 3.8) is 0 Å². The SMILES string of the molecule is CC1(C)C2=CC(c3ccc(N(c4ccccc4)c4ccc5c(-c6ccc7c(c6)CCC=C7)c6cc(N(c7ccccc7)c7ccc(-c8ccc9c(c8)C(C)(C)c8ccccc8-9)cc7)ccc6c(-c6ccc7ccccc7c6)c5c4)cc3)=CCC2C2=C1CCC=C2. The van der Waals surface area contributed by atoms with Crippen molar-refractivity contribution in [2.24, 2.45) is 11.3 Å². The van der Waals surface area contributed by atoms with Crippen LogP contribution in [0.4, 0.5) is 34.1 Å². The number of allylic oxidation sites excluding steroid dienone is 9. The summed E-state index contributed by atoms with van der Waals surface area (Å²) in [6.45, 7) is 9.63. The second-order valence-electron chi connectivity index (χ2n) is 26.5. The first kappa shape index (κ1) is 53.9. The number of aryl methyl sites for hydroxylation is 1. The summed E-state index contributed by atoms with van der Waals surface area (Å²) >= 11 is 0. The summed E-state index contributed by atoms with van der Waals surface area (Å²) in [4.78, 5) is 4.89. The molecule has 432 valence electrons. The Bertz CT molecular complexity index is 5070. The topological polar surface area (TPSA) is 6.48 Å². The summed E-state index contributed by atoms with van der Waals surface area (Å²) in [5, 5.41) is 7.30. The number of rotatable bonds is 10. The Kier molecular flexibility index (Phi) is 12.7. The van der Waals surface area contributed by atoms with Gasteiger partial charge in [-0.3, -0.25) is 0 Å². The molecule has 2 nitrogen and oxygen atoms in total. The Morgan fingerprint density at radius 1 is 0.378 bits per heavy atom. The number of fused-ring (bicyclic) bond motifs is 9. The van der Waals surface area contributed by atoms with Crippen molar-refractivity contribution < 1.29 is 0 Å². The summed E-state index contributed by atoms with van der Waals surface area (Å²) < 4.78 is 0. The van der Waals surface area contributed by atoms with E-state index in [9.17, 15) is 0 Å². The molecular weight excluding hydrogens is 1080 g/mol. The van der Waals surface area contributed by atoms with Crippen LogP contribution in [-0.4, -0.2) is 0 Å². The van der Waals surface area contributed by atoms with E-state index in [1.807, 2.05) is 0 Å². The molecule has 0 bridgehead atoms. The standard InChI is InChI=1S/C88H70N2/c1-87(2)81-29-17-15-27-73(81)75-47-39-63(53-83(75)87)59-35-41-69(42-36-59)89(67-23-7-5-8-24-67)71-45-49-77-79(55-71)85(65-33-31-57-19-11-13-21-61(57)51-65)78-50-46-72(56-80(78)86(77)66-34-32-58-20-12-14-22-62(58)52-66)90(68-25-9-6-10-26-68)70-43-37-60(38-44-70)64-40-48-76-74-28-16-18-30-82(74)88(3,4)84(76)54-64/h5-13,15-16,18-21,23-28,30-46,48-56,75H,14,17,22,29,47H2,1-4H3. The van der Waals surface area contributed by atoms with Gasteiger partial charge in [0.15, 0.2) is 0 Å². The van der Waals surface area contributed by atoms with Crippen molar-refractivity contribution in [3.05, 3.63) is 324 Å². The summed E-state index contributed by atoms with van der Waals surface area (Å²) in [5.74, 6) is 0.488. The van der Waals surface area contributed by atoms with Gasteiger partial charge in [0.05, 0.1) is 0 Å². The van der Waals surface area contributed by atoms with Crippen molar-refractivity contribution in [1.82, 2.24) is 0 Å². The number of nitrogens with zero attached hydrogens (tertiary/aromatic N) is 2. The Hall–Kier alpha value is -10.3. The third-order valence-corrected chi connectivity index (χ3v) is 20.8. The van der Waals surface area contributed by atoms with Crippen LogP contribution in [-0.2, 0) is 11.8 Å². The molecule has 1 atom stereocenters. The zero-order valence-corrected chi connectivity index (χ0v) is 51.6. The summed E-state index contributed by atoms with van der Waals surface area (Å²) in [7, 11) is 0. The van der Waals surface area contributed by atoms with Crippen LogP contribution in [0.25, 0.3) is 88.5 Å². The predicted molar refractivity (Wildman–Crippen MR) is 383 cm³/mol. The number of hydrogen-bond donors (Lipinski definition) is 0. The molecule has 17 rings (SSSR count). The molecule has 1 unspecified atom stereocenters. The second-order valence-corrected chi connectivity index (χ2v) is 26.5. The van der Waals surface area contributed by atoms with Crippen LogP contribution in [0.5, 0.6) is 0 Å². The Morgan fingerprint density at radius 3 is 1.62 bits per heavy atom. The smallest absolute Gasteiger partial charge is 0.0468 e. The van der Waals surface area contributed by atoms with Crippen LogP contribution in [0.2, 0.25) is 0 Å².